The number of hydrogen-bond donors (Lipinski definition) is 1. The normalized spacial score (nSPS) is 17.6. The van der Waals surface area contributed by atoms with E-state index in [0.29, 0.717) is 0 Å². The van der Waals surface area contributed by atoms with Gasteiger partial charge in [0.05, 0.1) is 6.04 Å². The van der Waals surface area contributed by atoms with Crippen LogP contribution >= 0.6 is 0 Å². The zero-order valence-electron chi connectivity index (χ0n) is 12.9. The van der Waals surface area contributed by atoms with Gasteiger partial charge >= 0.3 is 0 Å². The molecule has 1 atom stereocenters. The van der Waals surface area contributed by atoms with Crippen LogP contribution in [0.15, 0.2) is 48.5 Å². The van der Waals surface area contributed by atoms with Gasteiger partial charge in [-0.05, 0) is 47.9 Å². The topological polar surface area (TPSA) is 26.0 Å². The van der Waals surface area contributed by atoms with Gasteiger partial charge < -0.3 is 5.73 Å². The van der Waals surface area contributed by atoms with Gasteiger partial charge in [-0.1, -0.05) is 67.8 Å². The minimum absolute atomic E-state index is 0.0217. The molecule has 1 aliphatic carbocycles. The maximum atomic E-state index is 6.45. The van der Waals surface area contributed by atoms with Crippen molar-refractivity contribution in [1.82, 2.24) is 0 Å². The molecule has 2 N–H and O–H groups in total. The van der Waals surface area contributed by atoms with E-state index >= 15 is 0 Å². The van der Waals surface area contributed by atoms with Crippen LogP contribution in [0, 0.1) is 6.92 Å². The molecule has 1 aliphatic rings. The van der Waals surface area contributed by atoms with Gasteiger partial charge in [0.25, 0.3) is 0 Å². The summed E-state index contributed by atoms with van der Waals surface area (Å²) in [5.74, 6) is 0.766. The quantitative estimate of drug-likeness (QED) is 0.832. The summed E-state index contributed by atoms with van der Waals surface area (Å²) < 4.78 is 0. The van der Waals surface area contributed by atoms with Crippen molar-refractivity contribution in [3.05, 3.63) is 70.8 Å². The van der Waals surface area contributed by atoms with Crippen LogP contribution in [0.4, 0.5) is 0 Å². The van der Waals surface area contributed by atoms with Crippen molar-refractivity contribution in [2.45, 2.75) is 51.0 Å². The minimum Gasteiger partial charge on any atom is -0.320 e. The second-order valence-electron chi connectivity index (χ2n) is 6.34. The lowest BCUT2D eigenvalue weighted by Gasteiger charge is -2.22. The van der Waals surface area contributed by atoms with Crippen molar-refractivity contribution in [3.63, 3.8) is 0 Å². The Bertz CT molecular complexity index is 579. The van der Waals surface area contributed by atoms with Crippen LogP contribution in [-0.4, -0.2) is 0 Å². The Balaban J connectivity index is 1.79. The molecular formula is C20H25N. The molecule has 2 aromatic carbocycles. The van der Waals surface area contributed by atoms with Crippen molar-refractivity contribution in [2.24, 2.45) is 5.73 Å². The van der Waals surface area contributed by atoms with Gasteiger partial charge in [-0.3, -0.25) is 0 Å². The molecule has 2 aromatic rings. The third kappa shape index (κ3) is 3.19. The average Bonchev–Trinajstić information content (AvgIpc) is 2.56. The molecule has 0 aromatic heterocycles. The Morgan fingerprint density at radius 1 is 0.905 bits per heavy atom. The van der Waals surface area contributed by atoms with Crippen LogP contribution in [0.3, 0.4) is 0 Å². The van der Waals surface area contributed by atoms with E-state index < -0.39 is 0 Å². The van der Waals surface area contributed by atoms with E-state index in [1.807, 2.05) is 0 Å². The molecule has 3 rings (SSSR count). The molecule has 1 heteroatoms. The summed E-state index contributed by atoms with van der Waals surface area (Å²) in [6.07, 6.45) is 6.88. The van der Waals surface area contributed by atoms with Crippen LogP contribution in [0.5, 0.6) is 0 Å². The van der Waals surface area contributed by atoms with Crippen molar-refractivity contribution in [3.8, 4) is 0 Å². The maximum Gasteiger partial charge on any atom is 0.0554 e. The van der Waals surface area contributed by atoms with E-state index in [1.165, 1.54) is 54.4 Å². The molecule has 0 heterocycles. The molecule has 0 spiro atoms. The summed E-state index contributed by atoms with van der Waals surface area (Å²) in [5, 5.41) is 0. The lowest BCUT2D eigenvalue weighted by Crippen LogP contribution is -2.13. The molecule has 1 unspecified atom stereocenters. The summed E-state index contributed by atoms with van der Waals surface area (Å²) in [6.45, 7) is 2.13. The average molecular weight is 279 g/mol. The Labute approximate surface area is 128 Å². The number of nitrogens with two attached hydrogens (primary N) is 1. The number of aryl methyl sites for hydroxylation is 1. The fourth-order valence-electron chi connectivity index (χ4n) is 3.53. The second-order valence-corrected chi connectivity index (χ2v) is 6.34. The highest BCUT2D eigenvalue weighted by atomic mass is 14.6. The van der Waals surface area contributed by atoms with E-state index in [-0.39, 0.29) is 6.04 Å². The van der Waals surface area contributed by atoms with Crippen LogP contribution in [0.25, 0.3) is 0 Å². The molecule has 0 bridgehead atoms. The standard InChI is InChI=1S/C20H25N/c1-15-7-5-6-10-19(15)20(21)18-13-11-17(12-14-18)16-8-3-2-4-9-16/h5-7,10-14,16,20H,2-4,8-9,21H2,1H3. The predicted octanol–water partition coefficient (Wildman–Crippen LogP) is 5.09. The second kappa shape index (κ2) is 6.44. The number of benzene rings is 2. The van der Waals surface area contributed by atoms with Gasteiger partial charge in [0, 0.05) is 0 Å². The minimum atomic E-state index is -0.0217. The molecule has 0 saturated heterocycles. The highest BCUT2D eigenvalue weighted by Gasteiger charge is 2.16. The predicted molar refractivity (Wildman–Crippen MR) is 89.5 cm³/mol. The van der Waals surface area contributed by atoms with Gasteiger partial charge in [0.2, 0.25) is 0 Å². The van der Waals surface area contributed by atoms with Crippen LogP contribution in [-0.2, 0) is 0 Å². The summed E-state index contributed by atoms with van der Waals surface area (Å²) in [6, 6.07) is 17.4. The Morgan fingerprint density at radius 2 is 1.57 bits per heavy atom. The molecule has 0 amide bonds. The first-order valence-electron chi connectivity index (χ1n) is 8.16. The molecule has 21 heavy (non-hydrogen) atoms. The fourth-order valence-corrected chi connectivity index (χ4v) is 3.53. The smallest absolute Gasteiger partial charge is 0.0554 e. The summed E-state index contributed by atoms with van der Waals surface area (Å²) >= 11 is 0. The molecular weight excluding hydrogens is 254 g/mol. The zero-order chi connectivity index (χ0) is 14.7. The fraction of sp³-hybridized carbons (Fsp3) is 0.400. The van der Waals surface area contributed by atoms with Crippen LogP contribution in [0.1, 0.15) is 66.3 Å². The van der Waals surface area contributed by atoms with Gasteiger partial charge in [-0.2, -0.15) is 0 Å². The highest BCUT2D eigenvalue weighted by molar-refractivity contribution is 5.37. The molecule has 1 nitrogen and oxygen atoms in total. The first-order chi connectivity index (χ1) is 10.3. The summed E-state index contributed by atoms with van der Waals surface area (Å²) in [4.78, 5) is 0. The van der Waals surface area contributed by atoms with Gasteiger partial charge in [0.1, 0.15) is 0 Å². The van der Waals surface area contributed by atoms with E-state index in [1.54, 1.807) is 0 Å². The van der Waals surface area contributed by atoms with E-state index in [9.17, 15) is 0 Å². The van der Waals surface area contributed by atoms with Crippen molar-refractivity contribution < 1.29 is 0 Å². The van der Waals surface area contributed by atoms with Gasteiger partial charge in [-0.25, -0.2) is 0 Å². The summed E-state index contributed by atoms with van der Waals surface area (Å²) in [7, 11) is 0. The molecule has 1 fully saturated rings. The van der Waals surface area contributed by atoms with Crippen LogP contribution < -0.4 is 5.73 Å². The molecule has 0 radical (unpaired) electrons. The lowest BCUT2D eigenvalue weighted by molar-refractivity contribution is 0.443. The van der Waals surface area contributed by atoms with Gasteiger partial charge in [0.15, 0.2) is 0 Å². The molecule has 0 aliphatic heterocycles. The Morgan fingerprint density at radius 3 is 2.24 bits per heavy atom. The SMILES string of the molecule is Cc1ccccc1C(N)c1ccc(C2CCCCC2)cc1. The Kier molecular flexibility index (Phi) is 4.40. The van der Waals surface area contributed by atoms with E-state index in [4.69, 9.17) is 5.73 Å². The van der Waals surface area contributed by atoms with E-state index in [2.05, 4.69) is 55.5 Å². The third-order valence-corrected chi connectivity index (χ3v) is 4.90. The number of rotatable bonds is 3. The molecule has 1 saturated carbocycles. The van der Waals surface area contributed by atoms with Gasteiger partial charge in [-0.15, -0.1) is 0 Å². The first kappa shape index (κ1) is 14.3. The zero-order valence-corrected chi connectivity index (χ0v) is 12.9. The third-order valence-electron chi connectivity index (χ3n) is 4.90. The maximum absolute atomic E-state index is 6.45. The lowest BCUT2D eigenvalue weighted by atomic mass is 9.83. The Hall–Kier alpha value is -1.60. The highest BCUT2D eigenvalue weighted by Crippen LogP contribution is 2.33. The summed E-state index contributed by atoms with van der Waals surface area (Å²) in [5.41, 5.74) is 11.6. The first-order valence-corrected chi connectivity index (χ1v) is 8.16. The largest absolute Gasteiger partial charge is 0.320 e. The van der Waals surface area contributed by atoms with Crippen molar-refractivity contribution in [2.75, 3.05) is 0 Å². The van der Waals surface area contributed by atoms with Crippen LogP contribution in [0.2, 0.25) is 0 Å². The molecule has 110 valence electrons. The monoisotopic (exact) mass is 279 g/mol. The van der Waals surface area contributed by atoms with Crippen molar-refractivity contribution >= 4 is 0 Å². The van der Waals surface area contributed by atoms with Crippen molar-refractivity contribution in [1.29, 1.82) is 0 Å². The number of hydrogen-bond acceptors (Lipinski definition) is 1. The van der Waals surface area contributed by atoms with E-state index in [0.717, 1.165) is 5.92 Å².